The van der Waals surface area contributed by atoms with Gasteiger partial charge < -0.3 is 20.1 Å². The van der Waals surface area contributed by atoms with E-state index in [1.165, 1.54) is 6.07 Å². The first-order valence-corrected chi connectivity index (χ1v) is 16.6. The molecule has 4 N–H and O–H groups in total. The van der Waals surface area contributed by atoms with Crippen LogP contribution in [-0.4, -0.2) is 65.2 Å². The SMILES string of the molecule is CCC(C)(C)C(/C=C1/c2nc3cc(F)c(C)c4c3c(c2CN1C)C(NC(=O)C(C)(C)C(=O)NNC(C)(C)C)CC4)=C(/C=O)COC=O.O=CO. The molecule has 1 aromatic heterocycles. The fraction of sp³-hybridized carbons (Fsp3) is 0.514. The van der Waals surface area contributed by atoms with Crippen molar-refractivity contribution in [1.82, 2.24) is 26.1 Å². The van der Waals surface area contributed by atoms with Gasteiger partial charge in [0.05, 0.1) is 22.9 Å². The summed E-state index contributed by atoms with van der Waals surface area (Å²) in [7, 11) is 1.92. The number of carbonyl (C=O) groups excluding carboxylic acids is 4. The second-order valence-corrected chi connectivity index (χ2v) is 14.9. The van der Waals surface area contributed by atoms with Crippen molar-refractivity contribution >= 4 is 47.6 Å². The summed E-state index contributed by atoms with van der Waals surface area (Å²) in [4.78, 5) is 65.6. The molecule has 2 aliphatic rings. The molecule has 13 heteroatoms. The number of aryl methyl sites for hydroxylation is 1. The number of fused-ring (bicyclic) bond motifs is 2. The zero-order valence-corrected chi connectivity index (χ0v) is 30.7. The van der Waals surface area contributed by atoms with Crippen molar-refractivity contribution in [1.29, 1.82) is 0 Å². The number of amides is 2. The monoisotopic (exact) mass is 695 g/mol. The lowest BCUT2D eigenvalue weighted by Crippen LogP contribution is -2.56. The van der Waals surface area contributed by atoms with Crippen molar-refractivity contribution in [2.75, 3.05) is 13.7 Å². The number of carboxylic acid groups (broad SMARTS) is 1. The third-order valence-electron chi connectivity index (χ3n) is 9.51. The number of halogens is 1. The largest absolute Gasteiger partial charge is 0.483 e. The molecule has 1 aromatic carbocycles. The topological polar surface area (TPSA) is 167 Å². The summed E-state index contributed by atoms with van der Waals surface area (Å²) in [6.07, 6.45) is 4.38. The van der Waals surface area contributed by atoms with E-state index in [0.29, 0.717) is 66.5 Å². The lowest BCUT2D eigenvalue weighted by molar-refractivity contribution is -0.143. The normalized spacial score (nSPS) is 16.9. The Kier molecular flexibility index (Phi) is 12.3. The molecule has 1 aliphatic carbocycles. The minimum atomic E-state index is -1.39. The van der Waals surface area contributed by atoms with E-state index < -0.39 is 34.2 Å². The van der Waals surface area contributed by atoms with Gasteiger partial charge in [0.15, 0.2) is 0 Å². The molecule has 0 saturated heterocycles. The second-order valence-electron chi connectivity index (χ2n) is 14.9. The van der Waals surface area contributed by atoms with Crippen molar-refractivity contribution in [2.45, 2.75) is 99.7 Å². The van der Waals surface area contributed by atoms with Gasteiger partial charge in [-0.3, -0.25) is 29.4 Å². The number of nitrogens with one attached hydrogen (secondary N) is 3. The Labute approximate surface area is 292 Å². The van der Waals surface area contributed by atoms with E-state index in [2.05, 4.69) is 16.2 Å². The molecule has 2 amide bonds. The number of hydrazine groups is 1. The number of aldehydes is 1. The van der Waals surface area contributed by atoms with Gasteiger partial charge in [0.2, 0.25) is 11.8 Å². The molecule has 1 unspecified atom stereocenters. The summed E-state index contributed by atoms with van der Waals surface area (Å²) >= 11 is 0. The van der Waals surface area contributed by atoms with Crippen LogP contribution in [-0.2, 0) is 41.7 Å². The highest BCUT2D eigenvalue weighted by atomic mass is 19.1. The summed E-state index contributed by atoms with van der Waals surface area (Å²) in [6, 6.07) is 0.984. The van der Waals surface area contributed by atoms with Crippen molar-refractivity contribution in [3.05, 3.63) is 57.1 Å². The Morgan fingerprint density at radius 3 is 2.30 bits per heavy atom. The van der Waals surface area contributed by atoms with Crippen LogP contribution >= 0.6 is 0 Å². The molecule has 4 rings (SSSR count). The molecule has 1 atom stereocenters. The Balaban J connectivity index is 0.00000217. The number of pyridine rings is 1. The molecule has 1 aliphatic heterocycles. The van der Waals surface area contributed by atoms with Crippen molar-refractivity contribution in [3.63, 3.8) is 0 Å². The average molecular weight is 696 g/mol. The molecular weight excluding hydrogens is 645 g/mol. The van der Waals surface area contributed by atoms with Crippen LogP contribution in [0.15, 0.2) is 23.3 Å². The maximum Gasteiger partial charge on any atom is 0.293 e. The summed E-state index contributed by atoms with van der Waals surface area (Å²) in [5.41, 5.74) is 9.43. The zero-order chi connectivity index (χ0) is 37.8. The first-order chi connectivity index (χ1) is 23.3. The van der Waals surface area contributed by atoms with Crippen molar-refractivity contribution in [3.8, 4) is 0 Å². The fourth-order valence-corrected chi connectivity index (χ4v) is 6.16. The van der Waals surface area contributed by atoms with Gasteiger partial charge in [-0.15, -0.1) is 0 Å². The molecule has 0 spiro atoms. The van der Waals surface area contributed by atoms with Gasteiger partial charge in [0.1, 0.15) is 24.1 Å². The highest BCUT2D eigenvalue weighted by Gasteiger charge is 2.41. The maximum absolute atomic E-state index is 15.3. The first-order valence-electron chi connectivity index (χ1n) is 16.6. The smallest absolute Gasteiger partial charge is 0.293 e. The van der Waals surface area contributed by atoms with Crippen molar-refractivity contribution in [2.24, 2.45) is 10.8 Å². The highest BCUT2D eigenvalue weighted by Crippen LogP contribution is 2.46. The number of benzene rings is 1. The molecule has 12 nitrogen and oxygen atoms in total. The molecule has 0 radical (unpaired) electrons. The molecule has 272 valence electrons. The number of nitrogens with zero attached hydrogens (tertiary/aromatic N) is 2. The number of carbonyl (C=O) groups is 5. The molecular formula is C37H50FN5O7. The average Bonchev–Trinajstić information content (AvgIpc) is 3.36. The van der Waals surface area contributed by atoms with Gasteiger partial charge in [-0.25, -0.2) is 14.8 Å². The van der Waals surface area contributed by atoms with E-state index >= 15 is 4.39 Å². The standard InChI is InChI=1S/C36H48FN5O5.CH2O2/c1-11-35(6,7)24(21(17-43)18-47-19-44)14-28-31-23(16-42(28)10)30-26(13-12-22-20(2)25(37)15-27(38-31)29(22)30)39-32(45)36(8,9)33(46)40-41-34(3,4)5;2-1-3/h14-15,17,19,26,41H,11-13,16,18H2,1-10H3,(H,39,45)(H,40,46);1H,(H,2,3)/b24-21-,28-14-;. The van der Waals surface area contributed by atoms with Crippen LogP contribution in [0.5, 0.6) is 0 Å². The van der Waals surface area contributed by atoms with E-state index in [9.17, 15) is 19.2 Å². The van der Waals surface area contributed by atoms with Gasteiger partial charge in [0.25, 0.3) is 12.9 Å². The number of hydrogen-bond acceptors (Lipinski definition) is 9. The number of ether oxygens (including phenoxy) is 1. The molecule has 0 saturated carbocycles. The van der Waals surface area contributed by atoms with Gasteiger partial charge in [-0.2, -0.15) is 0 Å². The molecule has 2 heterocycles. The first kappa shape index (κ1) is 39.8. The lowest BCUT2D eigenvalue weighted by atomic mass is 9.78. The van der Waals surface area contributed by atoms with E-state index in [-0.39, 0.29) is 18.9 Å². The van der Waals surface area contributed by atoms with Crippen LogP contribution in [0.4, 0.5) is 4.39 Å². The minimum absolute atomic E-state index is 0.168. The highest BCUT2D eigenvalue weighted by molar-refractivity contribution is 6.04. The number of hydrogen-bond donors (Lipinski definition) is 4. The van der Waals surface area contributed by atoms with E-state index in [1.54, 1.807) is 20.8 Å². The summed E-state index contributed by atoms with van der Waals surface area (Å²) in [5, 5.41) is 10.9. The molecule has 0 bridgehead atoms. The van der Waals surface area contributed by atoms with E-state index in [4.69, 9.17) is 19.6 Å². The van der Waals surface area contributed by atoms with E-state index in [0.717, 1.165) is 27.8 Å². The van der Waals surface area contributed by atoms with Gasteiger partial charge in [-0.1, -0.05) is 20.8 Å². The summed E-state index contributed by atoms with van der Waals surface area (Å²) < 4.78 is 20.3. The van der Waals surface area contributed by atoms with E-state index in [1.807, 2.05) is 59.6 Å². The maximum atomic E-state index is 15.3. The van der Waals surface area contributed by atoms with Crippen LogP contribution in [0.3, 0.4) is 0 Å². The van der Waals surface area contributed by atoms with Crippen LogP contribution in [0.1, 0.15) is 102 Å². The van der Waals surface area contributed by atoms with Gasteiger partial charge in [0, 0.05) is 41.7 Å². The predicted octanol–water partition coefficient (Wildman–Crippen LogP) is 4.82. The van der Waals surface area contributed by atoms with Crippen LogP contribution < -0.4 is 16.2 Å². The Bertz CT molecular complexity index is 1740. The minimum Gasteiger partial charge on any atom is -0.483 e. The quantitative estimate of drug-likeness (QED) is 0.111. The third kappa shape index (κ3) is 8.20. The lowest BCUT2D eigenvalue weighted by Gasteiger charge is -2.33. The Morgan fingerprint density at radius 1 is 1.10 bits per heavy atom. The molecule has 2 aromatic rings. The predicted molar refractivity (Wildman–Crippen MR) is 188 cm³/mol. The third-order valence-corrected chi connectivity index (χ3v) is 9.51. The summed E-state index contributed by atoms with van der Waals surface area (Å²) in [5.74, 6) is -1.24. The van der Waals surface area contributed by atoms with Crippen LogP contribution in [0, 0.1) is 23.6 Å². The zero-order valence-electron chi connectivity index (χ0n) is 30.7. The number of aromatic nitrogens is 1. The Morgan fingerprint density at radius 2 is 1.74 bits per heavy atom. The summed E-state index contributed by atoms with van der Waals surface area (Å²) in [6.45, 7) is 17.1. The van der Waals surface area contributed by atoms with Gasteiger partial charge in [-0.05, 0) is 94.6 Å². The fourth-order valence-electron chi connectivity index (χ4n) is 6.16. The van der Waals surface area contributed by atoms with Crippen LogP contribution in [0.2, 0.25) is 0 Å². The van der Waals surface area contributed by atoms with Crippen molar-refractivity contribution < 1.29 is 38.2 Å². The van der Waals surface area contributed by atoms with Crippen LogP contribution in [0.25, 0.3) is 16.6 Å². The van der Waals surface area contributed by atoms with Gasteiger partial charge >= 0.3 is 0 Å². The number of rotatable bonds is 11. The Hall–Kier alpha value is -4.65. The second kappa shape index (κ2) is 15.5. The number of allylic oxidation sites excluding steroid dienone is 2. The molecule has 0 fully saturated rings. The molecule has 50 heavy (non-hydrogen) atoms.